The summed E-state index contributed by atoms with van der Waals surface area (Å²) in [5.74, 6) is 1.40. The van der Waals surface area contributed by atoms with Crippen molar-refractivity contribution in [2.24, 2.45) is 0 Å². The molecular formula is C17H22ClN3O. The lowest BCUT2D eigenvalue weighted by atomic mass is 10.3. The van der Waals surface area contributed by atoms with Gasteiger partial charge >= 0.3 is 0 Å². The molecule has 1 aromatic heterocycles. The van der Waals surface area contributed by atoms with E-state index >= 15 is 0 Å². The summed E-state index contributed by atoms with van der Waals surface area (Å²) in [6.07, 6.45) is 3.46. The number of rotatable bonds is 8. The van der Waals surface area contributed by atoms with Gasteiger partial charge in [-0.1, -0.05) is 31.5 Å². The second kappa shape index (κ2) is 8.61. The molecular weight excluding hydrogens is 298 g/mol. The number of anilines is 1. The van der Waals surface area contributed by atoms with Gasteiger partial charge in [0.15, 0.2) is 5.75 Å². The minimum atomic E-state index is 0.650. The van der Waals surface area contributed by atoms with Gasteiger partial charge in [0, 0.05) is 24.3 Å². The van der Waals surface area contributed by atoms with Crippen LogP contribution >= 0.6 is 11.6 Å². The summed E-state index contributed by atoms with van der Waals surface area (Å²) in [5.41, 5.74) is 0.933. The first kappa shape index (κ1) is 16.6. The van der Waals surface area contributed by atoms with Gasteiger partial charge in [-0.25, -0.2) is 0 Å². The van der Waals surface area contributed by atoms with E-state index in [2.05, 4.69) is 29.0 Å². The highest BCUT2D eigenvalue weighted by Crippen LogP contribution is 2.29. The third-order valence-corrected chi connectivity index (χ3v) is 3.68. The molecule has 0 unspecified atom stereocenters. The second-order valence-corrected chi connectivity index (χ2v) is 5.32. The molecule has 5 heteroatoms. The number of benzene rings is 1. The fourth-order valence-electron chi connectivity index (χ4n) is 2.15. The van der Waals surface area contributed by atoms with E-state index in [-0.39, 0.29) is 0 Å². The van der Waals surface area contributed by atoms with Crippen molar-refractivity contribution in [1.82, 2.24) is 9.88 Å². The van der Waals surface area contributed by atoms with E-state index in [1.165, 1.54) is 0 Å². The van der Waals surface area contributed by atoms with Crippen molar-refractivity contribution in [1.29, 1.82) is 0 Å². The molecule has 0 fully saturated rings. The number of nitrogens with zero attached hydrogens (tertiary/aromatic N) is 2. The van der Waals surface area contributed by atoms with Crippen LogP contribution in [-0.4, -0.2) is 36.1 Å². The molecule has 0 atom stereocenters. The number of hydrogen-bond donors (Lipinski definition) is 1. The van der Waals surface area contributed by atoms with E-state index < -0.39 is 0 Å². The normalized spacial score (nSPS) is 10.7. The maximum atomic E-state index is 5.98. The minimum Gasteiger partial charge on any atom is -0.454 e. The predicted octanol–water partition coefficient (Wildman–Crippen LogP) is 4.28. The molecule has 0 saturated heterocycles. The number of aromatic nitrogens is 1. The van der Waals surface area contributed by atoms with Crippen LogP contribution < -0.4 is 10.1 Å². The summed E-state index contributed by atoms with van der Waals surface area (Å²) < 4.78 is 5.88. The highest BCUT2D eigenvalue weighted by Gasteiger charge is 2.06. The first-order valence-corrected chi connectivity index (χ1v) is 7.94. The predicted molar refractivity (Wildman–Crippen MR) is 92.0 cm³/mol. The average Bonchev–Trinajstić information content (AvgIpc) is 2.53. The highest BCUT2D eigenvalue weighted by molar-refractivity contribution is 6.30. The van der Waals surface area contributed by atoms with Gasteiger partial charge in [-0.15, -0.1) is 0 Å². The minimum absolute atomic E-state index is 0.650. The molecule has 118 valence electrons. The number of ether oxygens (including phenoxy) is 1. The summed E-state index contributed by atoms with van der Waals surface area (Å²) in [6, 6.07) is 9.26. The first-order chi connectivity index (χ1) is 10.7. The van der Waals surface area contributed by atoms with Crippen molar-refractivity contribution in [3.8, 4) is 11.5 Å². The van der Waals surface area contributed by atoms with Crippen molar-refractivity contribution >= 4 is 17.3 Å². The van der Waals surface area contributed by atoms with Gasteiger partial charge < -0.3 is 15.0 Å². The first-order valence-electron chi connectivity index (χ1n) is 7.56. The van der Waals surface area contributed by atoms with E-state index in [4.69, 9.17) is 16.3 Å². The standard InChI is InChI=1S/C17H22ClN3O/c1-3-21(4-2)11-10-20-16-8-9-19-13-17(16)22-15-7-5-6-14(18)12-15/h5-9,12-13H,3-4,10-11H2,1-2H3,(H,19,20). The summed E-state index contributed by atoms with van der Waals surface area (Å²) >= 11 is 5.98. The van der Waals surface area contributed by atoms with Gasteiger partial charge in [0.25, 0.3) is 0 Å². The molecule has 0 amide bonds. The zero-order valence-corrected chi connectivity index (χ0v) is 13.8. The Morgan fingerprint density at radius 2 is 2.05 bits per heavy atom. The Kier molecular flexibility index (Phi) is 6.49. The fourth-order valence-corrected chi connectivity index (χ4v) is 2.33. The van der Waals surface area contributed by atoms with Crippen molar-refractivity contribution in [3.05, 3.63) is 47.7 Å². The van der Waals surface area contributed by atoms with Crippen LogP contribution in [0.2, 0.25) is 5.02 Å². The number of nitrogens with one attached hydrogen (secondary N) is 1. The molecule has 2 rings (SSSR count). The molecule has 0 aliphatic heterocycles. The molecule has 22 heavy (non-hydrogen) atoms. The lowest BCUT2D eigenvalue weighted by Gasteiger charge is -2.19. The van der Waals surface area contributed by atoms with Gasteiger partial charge in [0.2, 0.25) is 0 Å². The Hall–Kier alpha value is -1.78. The van der Waals surface area contributed by atoms with E-state index in [0.717, 1.165) is 31.9 Å². The smallest absolute Gasteiger partial charge is 0.168 e. The van der Waals surface area contributed by atoms with Crippen LogP contribution in [0.25, 0.3) is 0 Å². The molecule has 4 nitrogen and oxygen atoms in total. The van der Waals surface area contributed by atoms with Gasteiger partial charge in [-0.05, 0) is 37.4 Å². The Morgan fingerprint density at radius 1 is 1.23 bits per heavy atom. The summed E-state index contributed by atoms with van der Waals surface area (Å²) in [4.78, 5) is 6.50. The van der Waals surface area contributed by atoms with Crippen LogP contribution in [0, 0.1) is 0 Å². The van der Waals surface area contributed by atoms with Crippen LogP contribution in [0.3, 0.4) is 0 Å². The lowest BCUT2D eigenvalue weighted by molar-refractivity contribution is 0.316. The summed E-state index contributed by atoms with van der Waals surface area (Å²) in [5, 5.41) is 4.06. The van der Waals surface area contributed by atoms with Crippen molar-refractivity contribution in [2.45, 2.75) is 13.8 Å². The Labute approximate surface area is 137 Å². The molecule has 0 saturated carbocycles. The number of hydrogen-bond acceptors (Lipinski definition) is 4. The zero-order chi connectivity index (χ0) is 15.8. The average molecular weight is 320 g/mol. The Bertz CT molecular complexity index is 588. The highest BCUT2D eigenvalue weighted by atomic mass is 35.5. The Balaban J connectivity index is 2.00. The van der Waals surface area contributed by atoms with Crippen molar-refractivity contribution in [3.63, 3.8) is 0 Å². The SMILES string of the molecule is CCN(CC)CCNc1ccncc1Oc1cccc(Cl)c1. The lowest BCUT2D eigenvalue weighted by Crippen LogP contribution is -2.28. The van der Waals surface area contributed by atoms with Crippen LogP contribution in [0.15, 0.2) is 42.7 Å². The van der Waals surface area contributed by atoms with Gasteiger partial charge in [-0.2, -0.15) is 0 Å². The second-order valence-electron chi connectivity index (χ2n) is 4.88. The molecule has 1 aromatic carbocycles. The zero-order valence-electron chi connectivity index (χ0n) is 13.1. The van der Waals surface area contributed by atoms with Crippen molar-refractivity contribution in [2.75, 3.05) is 31.5 Å². The molecule has 0 aliphatic carbocycles. The quantitative estimate of drug-likeness (QED) is 0.788. The molecule has 2 aromatic rings. The number of pyridine rings is 1. The molecule has 0 spiro atoms. The fraction of sp³-hybridized carbons (Fsp3) is 0.353. The molecule has 1 N–H and O–H groups in total. The third kappa shape index (κ3) is 4.90. The molecule has 0 radical (unpaired) electrons. The van der Waals surface area contributed by atoms with Crippen molar-refractivity contribution < 1.29 is 4.74 Å². The van der Waals surface area contributed by atoms with Crippen LogP contribution in [-0.2, 0) is 0 Å². The van der Waals surface area contributed by atoms with Gasteiger partial charge in [0.05, 0.1) is 11.9 Å². The molecule has 1 heterocycles. The maximum Gasteiger partial charge on any atom is 0.168 e. The van der Waals surface area contributed by atoms with E-state index in [1.807, 2.05) is 24.3 Å². The topological polar surface area (TPSA) is 37.4 Å². The van der Waals surface area contributed by atoms with Crippen LogP contribution in [0.5, 0.6) is 11.5 Å². The maximum absolute atomic E-state index is 5.98. The largest absolute Gasteiger partial charge is 0.454 e. The van der Waals surface area contributed by atoms with Gasteiger partial charge in [0.1, 0.15) is 5.75 Å². The van der Waals surface area contributed by atoms with Crippen LogP contribution in [0.4, 0.5) is 5.69 Å². The molecule has 0 aliphatic rings. The third-order valence-electron chi connectivity index (χ3n) is 3.45. The monoisotopic (exact) mass is 319 g/mol. The van der Waals surface area contributed by atoms with E-state index in [0.29, 0.717) is 16.5 Å². The summed E-state index contributed by atoms with van der Waals surface area (Å²) in [7, 11) is 0. The molecule has 0 bridgehead atoms. The Morgan fingerprint density at radius 3 is 2.77 bits per heavy atom. The number of halogens is 1. The van der Waals surface area contributed by atoms with Crippen LogP contribution in [0.1, 0.15) is 13.8 Å². The number of likely N-dealkylation sites (N-methyl/N-ethyl adjacent to an activating group) is 1. The van der Waals surface area contributed by atoms with E-state index in [1.54, 1.807) is 18.5 Å². The van der Waals surface area contributed by atoms with E-state index in [9.17, 15) is 0 Å². The van der Waals surface area contributed by atoms with Gasteiger partial charge in [-0.3, -0.25) is 4.98 Å². The summed E-state index contributed by atoms with van der Waals surface area (Å²) in [6.45, 7) is 8.30.